The quantitative estimate of drug-likeness (QED) is 0.326. The summed E-state index contributed by atoms with van der Waals surface area (Å²) < 4.78 is 20.0. The van der Waals surface area contributed by atoms with E-state index in [1.807, 2.05) is 49.3 Å². The molecular formula is C22H26FN3O2S2. The van der Waals surface area contributed by atoms with Crippen molar-refractivity contribution in [3.63, 3.8) is 0 Å². The van der Waals surface area contributed by atoms with Gasteiger partial charge >= 0.3 is 0 Å². The van der Waals surface area contributed by atoms with E-state index in [-0.39, 0.29) is 11.7 Å². The molecule has 160 valence electrons. The highest BCUT2D eigenvalue weighted by molar-refractivity contribution is 7.99. The van der Waals surface area contributed by atoms with E-state index in [1.165, 1.54) is 17.4 Å². The molecule has 8 heteroatoms. The van der Waals surface area contributed by atoms with Crippen molar-refractivity contribution in [2.24, 2.45) is 0 Å². The Morgan fingerprint density at radius 2 is 1.93 bits per heavy atom. The maximum absolute atomic E-state index is 14.1. The normalized spacial score (nSPS) is 11.2. The highest BCUT2D eigenvalue weighted by Gasteiger charge is 2.20. The lowest BCUT2D eigenvalue weighted by atomic mass is 10.3. The van der Waals surface area contributed by atoms with Gasteiger partial charge in [0.1, 0.15) is 17.1 Å². The van der Waals surface area contributed by atoms with Crippen LogP contribution in [0.1, 0.15) is 12.8 Å². The number of amides is 1. The molecule has 5 nitrogen and oxygen atoms in total. The molecule has 0 unspecified atom stereocenters. The summed E-state index contributed by atoms with van der Waals surface area (Å²) in [5.41, 5.74) is 0.329. The summed E-state index contributed by atoms with van der Waals surface area (Å²) >= 11 is 3.07. The van der Waals surface area contributed by atoms with Crippen molar-refractivity contribution < 1.29 is 13.9 Å². The van der Waals surface area contributed by atoms with E-state index in [2.05, 4.69) is 4.98 Å². The molecule has 0 N–H and O–H groups in total. The molecule has 0 fully saturated rings. The number of nitrogens with zero attached hydrogens (tertiary/aromatic N) is 3. The Labute approximate surface area is 184 Å². The second-order valence-corrected chi connectivity index (χ2v) is 9.24. The first-order valence-electron chi connectivity index (χ1n) is 9.75. The van der Waals surface area contributed by atoms with Crippen LogP contribution in [0.5, 0.6) is 5.75 Å². The van der Waals surface area contributed by atoms with Crippen LogP contribution in [0, 0.1) is 5.82 Å². The van der Waals surface area contributed by atoms with Crippen LogP contribution in [0.4, 0.5) is 9.52 Å². The topological polar surface area (TPSA) is 45.7 Å². The number of para-hydroxylation sites is 1. The van der Waals surface area contributed by atoms with Gasteiger partial charge in [-0.05, 0) is 62.7 Å². The highest BCUT2D eigenvalue weighted by Crippen LogP contribution is 2.31. The molecule has 30 heavy (non-hydrogen) atoms. The first-order valence-corrected chi connectivity index (χ1v) is 11.5. The van der Waals surface area contributed by atoms with E-state index in [1.54, 1.807) is 29.8 Å². The van der Waals surface area contributed by atoms with Gasteiger partial charge in [-0.25, -0.2) is 9.37 Å². The largest absolute Gasteiger partial charge is 0.497 e. The third-order valence-corrected chi connectivity index (χ3v) is 6.67. The number of anilines is 1. The molecule has 0 bridgehead atoms. The number of thioether (sulfide) groups is 1. The average Bonchev–Trinajstić information content (AvgIpc) is 3.17. The third-order valence-electron chi connectivity index (χ3n) is 4.52. The van der Waals surface area contributed by atoms with Crippen LogP contribution in [0.15, 0.2) is 47.4 Å². The summed E-state index contributed by atoms with van der Waals surface area (Å²) in [6.07, 6.45) is 1.18. The van der Waals surface area contributed by atoms with E-state index in [4.69, 9.17) is 4.74 Å². The first-order chi connectivity index (χ1) is 14.5. The zero-order valence-corrected chi connectivity index (χ0v) is 19.1. The van der Waals surface area contributed by atoms with Crippen LogP contribution in [0.25, 0.3) is 10.2 Å². The lowest BCUT2D eigenvalue weighted by molar-refractivity contribution is -0.118. The molecule has 1 heterocycles. The van der Waals surface area contributed by atoms with Gasteiger partial charge < -0.3 is 9.64 Å². The Balaban J connectivity index is 1.62. The number of ether oxygens (including phenoxy) is 1. The monoisotopic (exact) mass is 447 g/mol. The summed E-state index contributed by atoms with van der Waals surface area (Å²) in [5.74, 6) is 1.34. The van der Waals surface area contributed by atoms with Crippen molar-refractivity contribution >= 4 is 44.4 Å². The van der Waals surface area contributed by atoms with Crippen LogP contribution >= 0.6 is 23.1 Å². The molecule has 2 aromatic carbocycles. The van der Waals surface area contributed by atoms with Gasteiger partial charge in [-0.1, -0.05) is 17.4 Å². The van der Waals surface area contributed by atoms with Crippen LogP contribution in [-0.4, -0.2) is 55.8 Å². The number of benzene rings is 2. The average molecular weight is 448 g/mol. The Morgan fingerprint density at radius 3 is 2.60 bits per heavy atom. The molecule has 3 aromatic rings. The lowest BCUT2D eigenvalue weighted by Gasteiger charge is -2.22. The summed E-state index contributed by atoms with van der Waals surface area (Å²) in [6, 6.07) is 12.8. The van der Waals surface area contributed by atoms with Gasteiger partial charge in [0.15, 0.2) is 5.13 Å². The molecule has 0 aliphatic rings. The fraction of sp³-hybridized carbons (Fsp3) is 0.364. The maximum Gasteiger partial charge on any atom is 0.228 e. The van der Waals surface area contributed by atoms with Crippen molar-refractivity contribution in [3.05, 3.63) is 48.3 Å². The molecule has 0 aliphatic heterocycles. The number of hydrogen-bond acceptors (Lipinski definition) is 6. The minimum Gasteiger partial charge on any atom is -0.497 e. The van der Waals surface area contributed by atoms with Crippen molar-refractivity contribution in [3.8, 4) is 5.75 Å². The third kappa shape index (κ3) is 5.93. The van der Waals surface area contributed by atoms with Crippen molar-refractivity contribution in [1.82, 2.24) is 9.88 Å². The second kappa shape index (κ2) is 10.7. The number of methoxy groups -OCH3 is 1. The molecule has 0 spiro atoms. The number of fused-ring (bicyclic) bond motifs is 1. The van der Waals surface area contributed by atoms with Crippen molar-refractivity contribution in [2.75, 3.05) is 44.9 Å². The van der Waals surface area contributed by atoms with Gasteiger partial charge in [-0.15, -0.1) is 11.8 Å². The van der Waals surface area contributed by atoms with Crippen LogP contribution in [-0.2, 0) is 4.79 Å². The van der Waals surface area contributed by atoms with Crippen molar-refractivity contribution in [1.29, 1.82) is 0 Å². The predicted octanol–water partition coefficient (Wildman–Crippen LogP) is 4.91. The molecule has 1 aromatic heterocycles. The molecule has 0 atom stereocenters. The number of rotatable bonds is 10. The zero-order valence-electron chi connectivity index (χ0n) is 17.4. The smallest absolute Gasteiger partial charge is 0.228 e. The fourth-order valence-electron chi connectivity index (χ4n) is 2.87. The molecule has 0 saturated heterocycles. The minimum absolute atomic E-state index is 0.0200. The number of likely N-dealkylation sites (N-methyl/N-ethyl adjacent to an activating group) is 1. The van der Waals surface area contributed by atoms with Crippen molar-refractivity contribution in [2.45, 2.75) is 17.7 Å². The summed E-state index contributed by atoms with van der Waals surface area (Å²) in [5, 5.41) is 0.560. The number of halogens is 1. The van der Waals surface area contributed by atoms with Gasteiger partial charge in [-0.3, -0.25) is 9.69 Å². The fourth-order valence-corrected chi connectivity index (χ4v) is 4.74. The Morgan fingerprint density at radius 1 is 1.17 bits per heavy atom. The van der Waals surface area contributed by atoms with Gasteiger partial charge in [0.25, 0.3) is 0 Å². The number of hydrogen-bond donors (Lipinski definition) is 0. The number of carbonyl (C=O) groups is 1. The Hall–Kier alpha value is -2.16. The van der Waals surface area contributed by atoms with Crippen LogP contribution in [0.2, 0.25) is 0 Å². The van der Waals surface area contributed by atoms with E-state index in [0.717, 1.165) is 27.5 Å². The molecule has 0 aliphatic carbocycles. The maximum atomic E-state index is 14.1. The molecular weight excluding hydrogens is 421 g/mol. The SMILES string of the molecule is COc1ccc(SCCCC(=O)N(CCN(C)C)c2nc3c(F)cccc3s2)cc1. The van der Waals surface area contributed by atoms with E-state index in [9.17, 15) is 9.18 Å². The number of aromatic nitrogens is 1. The number of thiazole rings is 1. The lowest BCUT2D eigenvalue weighted by Crippen LogP contribution is -2.36. The van der Waals surface area contributed by atoms with Gasteiger partial charge in [0.05, 0.1) is 11.8 Å². The summed E-state index contributed by atoms with van der Waals surface area (Å²) in [4.78, 5) is 22.2. The van der Waals surface area contributed by atoms with Gasteiger partial charge in [0.2, 0.25) is 5.91 Å². The number of carbonyl (C=O) groups excluding carboxylic acids is 1. The molecule has 3 rings (SSSR count). The highest BCUT2D eigenvalue weighted by atomic mass is 32.2. The van der Waals surface area contributed by atoms with Gasteiger partial charge in [0, 0.05) is 24.4 Å². The standard InChI is InChI=1S/C22H26FN3O2S2/c1-25(2)13-14-26(22-24-21-18(23)6-4-7-19(21)30-22)20(27)8-5-15-29-17-11-9-16(28-3)10-12-17/h4,6-7,9-12H,5,8,13-15H2,1-3H3. The first kappa shape index (κ1) is 22.5. The van der Waals surface area contributed by atoms with Gasteiger partial charge in [-0.2, -0.15) is 0 Å². The van der Waals surface area contributed by atoms with E-state index < -0.39 is 0 Å². The molecule has 0 saturated carbocycles. The zero-order chi connectivity index (χ0) is 21.5. The second-order valence-electron chi connectivity index (χ2n) is 7.06. The Bertz CT molecular complexity index is 976. The molecule has 1 amide bonds. The van der Waals surface area contributed by atoms with E-state index in [0.29, 0.717) is 30.2 Å². The molecule has 0 radical (unpaired) electrons. The van der Waals surface area contributed by atoms with E-state index >= 15 is 0 Å². The van der Waals surface area contributed by atoms with Crippen LogP contribution < -0.4 is 9.64 Å². The summed E-state index contributed by atoms with van der Waals surface area (Å²) in [6.45, 7) is 1.24. The Kier molecular flexibility index (Phi) is 8.07. The van der Waals surface area contributed by atoms with Crippen LogP contribution in [0.3, 0.4) is 0 Å². The minimum atomic E-state index is -0.356. The summed E-state index contributed by atoms with van der Waals surface area (Å²) in [7, 11) is 5.58. The predicted molar refractivity (Wildman–Crippen MR) is 123 cm³/mol.